The van der Waals surface area contributed by atoms with Gasteiger partial charge >= 0.3 is 0 Å². The van der Waals surface area contributed by atoms with Crippen molar-refractivity contribution in [2.75, 3.05) is 17.7 Å². The predicted molar refractivity (Wildman–Crippen MR) is 68.2 cm³/mol. The third kappa shape index (κ3) is 2.31. The van der Waals surface area contributed by atoms with Gasteiger partial charge in [0.1, 0.15) is 0 Å². The lowest BCUT2D eigenvalue weighted by molar-refractivity contribution is 1.31. The van der Waals surface area contributed by atoms with E-state index in [1.807, 2.05) is 19.3 Å². The summed E-state index contributed by atoms with van der Waals surface area (Å²) in [7, 11) is 1.90. The molecule has 2 N–H and O–H groups in total. The van der Waals surface area contributed by atoms with Crippen LogP contribution in [0.2, 0.25) is 0 Å². The van der Waals surface area contributed by atoms with E-state index >= 15 is 0 Å². The lowest BCUT2D eigenvalue weighted by atomic mass is 10.2. The molecule has 0 aliphatic rings. The number of hydrogen-bond acceptors (Lipinski definition) is 3. The highest BCUT2D eigenvalue weighted by Crippen LogP contribution is 2.23. The number of aryl methyl sites for hydroxylation is 1. The van der Waals surface area contributed by atoms with Crippen molar-refractivity contribution in [1.29, 1.82) is 0 Å². The molecule has 0 unspecified atom stereocenters. The predicted octanol–water partition coefficient (Wildman–Crippen LogP) is 3.18. The quantitative estimate of drug-likeness (QED) is 0.822. The summed E-state index contributed by atoms with van der Waals surface area (Å²) >= 11 is 0. The third-order valence-electron chi connectivity index (χ3n) is 2.42. The number of pyridine rings is 1. The fraction of sp³-hybridized carbons (Fsp3) is 0.154. The SMILES string of the molecule is CNc1ccncc1Nc1ccc(C)cc1. The maximum atomic E-state index is 4.10. The van der Waals surface area contributed by atoms with Crippen molar-refractivity contribution in [3.8, 4) is 0 Å². The zero-order valence-corrected chi connectivity index (χ0v) is 9.49. The zero-order valence-electron chi connectivity index (χ0n) is 9.49. The summed E-state index contributed by atoms with van der Waals surface area (Å²) in [4.78, 5) is 4.10. The molecule has 0 saturated carbocycles. The summed E-state index contributed by atoms with van der Waals surface area (Å²) in [6.07, 6.45) is 3.58. The third-order valence-corrected chi connectivity index (χ3v) is 2.42. The Balaban J connectivity index is 2.23. The molecule has 2 rings (SSSR count). The van der Waals surface area contributed by atoms with Crippen LogP contribution in [0.15, 0.2) is 42.7 Å². The molecular formula is C13H15N3. The highest BCUT2D eigenvalue weighted by molar-refractivity contribution is 5.73. The highest BCUT2D eigenvalue weighted by Gasteiger charge is 2.00. The number of anilines is 3. The molecule has 0 aliphatic carbocycles. The van der Waals surface area contributed by atoms with Gasteiger partial charge in [0.25, 0.3) is 0 Å². The summed E-state index contributed by atoms with van der Waals surface area (Å²) in [5.74, 6) is 0. The Bertz CT molecular complexity index is 463. The molecule has 0 bridgehead atoms. The lowest BCUT2D eigenvalue weighted by Crippen LogP contribution is -1.97. The van der Waals surface area contributed by atoms with Crippen LogP contribution in [0.5, 0.6) is 0 Å². The largest absolute Gasteiger partial charge is 0.386 e. The summed E-state index contributed by atoms with van der Waals surface area (Å²) in [6, 6.07) is 10.2. The first-order valence-electron chi connectivity index (χ1n) is 5.25. The average Bonchev–Trinajstić information content (AvgIpc) is 2.33. The van der Waals surface area contributed by atoms with E-state index in [2.05, 4.69) is 46.8 Å². The van der Waals surface area contributed by atoms with E-state index in [4.69, 9.17) is 0 Å². The van der Waals surface area contributed by atoms with Gasteiger partial charge in [-0.25, -0.2) is 0 Å². The average molecular weight is 213 g/mol. The van der Waals surface area contributed by atoms with Crippen LogP contribution < -0.4 is 10.6 Å². The van der Waals surface area contributed by atoms with Crippen LogP contribution in [0.1, 0.15) is 5.56 Å². The molecule has 0 spiro atoms. The Kier molecular flexibility index (Phi) is 3.05. The molecule has 0 radical (unpaired) electrons. The second-order valence-electron chi connectivity index (χ2n) is 3.66. The van der Waals surface area contributed by atoms with Crippen LogP contribution in [0.25, 0.3) is 0 Å². The van der Waals surface area contributed by atoms with E-state index in [0.29, 0.717) is 0 Å². The first kappa shape index (κ1) is 10.5. The number of hydrogen-bond donors (Lipinski definition) is 2. The molecule has 3 nitrogen and oxygen atoms in total. The van der Waals surface area contributed by atoms with Gasteiger partial charge in [-0.15, -0.1) is 0 Å². The van der Waals surface area contributed by atoms with Gasteiger partial charge in [0.05, 0.1) is 17.6 Å². The molecule has 0 atom stereocenters. The second kappa shape index (κ2) is 4.66. The van der Waals surface area contributed by atoms with Crippen molar-refractivity contribution in [2.24, 2.45) is 0 Å². The van der Waals surface area contributed by atoms with Crippen molar-refractivity contribution < 1.29 is 0 Å². The topological polar surface area (TPSA) is 37.0 Å². The fourth-order valence-corrected chi connectivity index (χ4v) is 1.50. The number of nitrogens with one attached hydrogen (secondary N) is 2. The van der Waals surface area contributed by atoms with Crippen molar-refractivity contribution in [1.82, 2.24) is 4.98 Å². The van der Waals surface area contributed by atoms with E-state index < -0.39 is 0 Å². The summed E-state index contributed by atoms with van der Waals surface area (Å²) < 4.78 is 0. The monoisotopic (exact) mass is 213 g/mol. The van der Waals surface area contributed by atoms with Crippen LogP contribution >= 0.6 is 0 Å². The summed E-state index contributed by atoms with van der Waals surface area (Å²) in [5.41, 5.74) is 4.34. The molecule has 1 heterocycles. The number of nitrogens with zero attached hydrogens (tertiary/aromatic N) is 1. The first-order chi connectivity index (χ1) is 7.79. The molecule has 1 aromatic carbocycles. The van der Waals surface area contributed by atoms with Gasteiger partial charge in [0.15, 0.2) is 0 Å². The fourth-order valence-electron chi connectivity index (χ4n) is 1.50. The Morgan fingerprint density at radius 3 is 2.44 bits per heavy atom. The van der Waals surface area contributed by atoms with Gasteiger partial charge in [-0.3, -0.25) is 4.98 Å². The normalized spacial score (nSPS) is 9.88. The molecule has 2 aromatic rings. The maximum Gasteiger partial charge on any atom is 0.0806 e. The summed E-state index contributed by atoms with van der Waals surface area (Å²) in [5, 5.41) is 6.45. The van der Waals surface area contributed by atoms with Crippen molar-refractivity contribution in [2.45, 2.75) is 6.92 Å². The van der Waals surface area contributed by atoms with Crippen LogP contribution in [-0.4, -0.2) is 12.0 Å². The minimum Gasteiger partial charge on any atom is -0.386 e. The van der Waals surface area contributed by atoms with Crippen molar-refractivity contribution in [3.05, 3.63) is 48.3 Å². The van der Waals surface area contributed by atoms with Crippen LogP contribution in [0.4, 0.5) is 17.1 Å². The van der Waals surface area contributed by atoms with Gasteiger partial charge in [0.2, 0.25) is 0 Å². The maximum absolute atomic E-state index is 4.10. The van der Waals surface area contributed by atoms with Crippen molar-refractivity contribution >= 4 is 17.1 Å². The Labute approximate surface area is 95.5 Å². The molecule has 16 heavy (non-hydrogen) atoms. The Hall–Kier alpha value is -2.03. The van der Waals surface area contributed by atoms with Crippen LogP contribution in [0.3, 0.4) is 0 Å². The van der Waals surface area contributed by atoms with E-state index in [1.165, 1.54) is 5.56 Å². The molecule has 0 saturated heterocycles. The number of rotatable bonds is 3. The minimum absolute atomic E-state index is 0.980. The van der Waals surface area contributed by atoms with Gasteiger partial charge in [-0.2, -0.15) is 0 Å². The summed E-state index contributed by atoms with van der Waals surface area (Å²) in [6.45, 7) is 2.08. The molecule has 0 amide bonds. The smallest absolute Gasteiger partial charge is 0.0806 e. The van der Waals surface area contributed by atoms with Gasteiger partial charge in [-0.05, 0) is 25.1 Å². The highest BCUT2D eigenvalue weighted by atomic mass is 15.0. The molecule has 3 heteroatoms. The van der Waals surface area contributed by atoms with Crippen LogP contribution in [-0.2, 0) is 0 Å². The van der Waals surface area contributed by atoms with E-state index in [9.17, 15) is 0 Å². The lowest BCUT2D eigenvalue weighted by Gasteiger charge is -2.10. The van der Waals surface area contributed by atoms with E-state index in [0.717, 1.165) is 17.1 Å². The molecule has 1 aromatic heterocycles. The van der Waals surface area contributed by atoms with Gasteiger partial charge in [0, 0.05) is 18.9 Å². The number of aromatic nitrogens is 1. The Morgan fingerprint density at radius 2 is 1.75 bits per heavy atom. The Morgan fingerprint density at radius 1 is 1.00 bits per heavy atom. The van der Waals surface area contributed by atoms with E-state index in [-0.39, 0.29) is 0 Å². The molecule has 0 aliphatic heterocycles. The van der Waals surface area contributed by atoms with Gasteiger partial charge < -0.3 is 10.6 Å². The zero-order chi connectivity index (χ0) is 11.4. The van der Waals surface area contributed by atoms with Crippen LogP contribution in [0, 0.1) is 6.92 Å². The molecular weight excluding hydrogens is 198 g/mol. The minimum atomic E-state index is 0.980. The van der Waals surface area contributed by atoms with Gasteiger partial charge in [-0.1, -0.05) is 17.7 Å². The molecule has 0 fully saturated rings. The number of benzene rings is 1. The standard InChI is InChI=1S/C13H15N3/c1-10-3-5-11(6-4-10)16-13-9-15-8-7-12(13)14-2/h3-9,16H,1-2H3,(H,14,15). The first-order valence-corrected chi connectivity index (χ1v) is 5.25. The molecule has 82 valence electrons. The van der Waals surface area contributed by atoms with E-state index in [1.54, 1.807) is 6.20 Å². The van der Waals surface area contributed by atoms with Crippen molar-refractivity contribution in [3.63, 3.8) is 0 Å². The second-order valence-corrected chi connectivity index (χ2v) is 3.66.